The first kappa shape index (κ1) is 14.0. The van der Waals surface area contributed by atoms with Crippen LogP contribution in [0.4, 0.5) is 17.1 Å². The van der Waals surface area contributed by atoms with Crippen molar-refractivity contribution in [3.05, 3.63) is 48.0 Å². The number of halogens is 1. The molecule has 0 aliphatic carbocycles. The summed E-state index contributed by atoms with van der Waals surface area (Å²) in [6.45, 7) is 2.65. The van der Waals surface area contributed by atoms with Gasteiger partial charge in [-0.3, -0.25) is 0 Å². The molecule has 100 valence electrons. The van der Waals surface area contributed by atoms with Crippen LogP contribution in [0.2, 0.25) is 0 Å². The van der Waals surface area contributed by atoms with Gasteiger partial charge in [-0.2, -0.15) is 0 Å². The number of hydrogen-bond acceptors (Lipinski definition) is 3. The molecule has 3 N–H and O–H groups in total. The molecule has 2 aromatic rings. The molecular formula is C15H17IN2O. The van der Waals surface area contributed by atoms with Crippen molar-refractivity contribution in [1.82, 2.24) is 0 Å². The zero-order chi connectivity index (χ0) is 13.7. The quantitative estimate of drug-likeness (QED) is 0.469. The molecule has 4 heteroatoms. The molecule has 0 saturated carbocycles. The molecule has 0 radical (unpaired) electrons. The van der Waals surface area contributed by atoms with Crippen LogP contribution in [0.15, 0.2) is 42.5 Å². The molecule has 0 spiro atoms. The second-order valence-corrected chi connectivity index (χ2v) is 4.90. The minimum absolute atomic E-state index is 0.678. The second kappa shape index (κ2) is 6.65. The lowest BCUT2D eigenvalue weighted by Crippen LogP contribution is -1.97. The second-order valence-electron chi connectivity index (χ2n) is 4.14. The molecule has 0 heterocycles. The molecule has 0 aliphatic rings. The van der Waals surface area contributed by atoms with Crippen molar-refractivity contribution < 1.29 is 4.74 Å². The highest BCUT2D eigenvalue weighted by molar-refractivity contribution is 14.1. The minimum Gasteiger partial charge on any atom is -0.494 e. The first-order chi connectivity index (χ1) is 9.22. The fraction of sp³-hybridized carbons (Fsp3) is 0.200. The molecule has 0 atom stereocenters. The largest absolute Gasteiger partial charge is 0.494 e. The number of benzene rings is 2. The van der Waals surface area contributed by atoms with Crippen LogP contribution in [0.5, 0.6) is 5.75 Å². The highest BCUT2D eigenvalue weighted by atomic mass is 127. The average Bonchev–Trinajstić information content (AvgIpc) is 2.43. The van der Waals surface area contributed by atoms with Gasteiger partial charge < -0.3 is 15.8 Å². The lowest BCUT2D eigenvalue weighted by molar-refractivity contribution is 0.340. The van der Waals surface area contributed by atoms with Crippen LogP contribution >= 0.6 is 22.6 Å². The van der Waals surface area contributed by atoms with E-state index >= 15 is 0 Å². The SMILES string of the molecule is CCOc1ccc(Nc2ccc(CI)cc2N)cc1. The van der Waals surface area contributed by atoms with Crippen molar-refractivity contribution >= 4 is 39.7 Å². The summed E-state index contributed by atoms with van der Waals surface area (Å²) < 4.78 is 6.38. The van der Waals surface area contributed by atoms with Crippen molar-refractivity contribution in [3.8, 4) is 5.75 Å². The fourth-order valence-electron chi connectivity index (χ4n) is 1.77. The topological polar surface area (TPSA) is 47.3 Å². The summed E-state index contributed by atoms with van der Waals surface area (Å²) >= 11 is 2.33. The van der Waals surface area contributed by atoms with Crippen LogP contribution in [0.25, 0.3) is 0 Å². The Morgan fingerprint density at radius 1 is 1.16 bits per heavy atom. The smallest absolute Gasteiger partial charge is 0.119 e. The number of alkyl halides is 1. The third-order valence-corrected chi connectivity index (χ3v) is 3.60. The summed E-state index contributed by atoms with van der Waals surface area (Å²) in [5.41, 5.74) is 9.96. The van der Waals surface area contributed by atoms with E-state index in [0.717, 1.165) is 27.2 Å². The van der Waals surface area contributed by atoms with E-state index in [9.17, 15) is 0 Å². The molecule has 0 saturated heterocycles. The monoisotopic (exact) mass is 368 g/mol. The van der Waals surface area contributed by atoms with Gasteiger partial charge in [-0.25, -0.2) is 0 Å². The van der Waals surface area contributed by atoms with E-state index in [-0.39, 0.29) is 0 Å². The van der Waals surface area contributed by atoms with Crippen LogP contribution in [0.1, 0.15) is 12.5 Å². The molecule has 0 aromatic heterocycles. The maximum absolute atomic E-state index is 6.03. The molecule has 0 aliphatic heterocycles. The van der Waals surface area contributed by atoms with E-state index in [4.69, 9.17) is 10.5 Å². The van der Waals surface area contributed by atoms with Crippen molar-refractivity contribution in [1.29, 1.82) is 0 Å². The van der Waals surface area contributed by atoms with E-state index in [1.807, 2.05) is 43.3 Å². The number of anilines is 3. The summed E-state index contributed by atoms with van der Waals surface area (Å²) in [4.78, 5) is 0. The predicted octanol–water partition coefficient (Wildman–Crippen LogP) is 4.35. The Hall–Kier alpha value is -1.43. The number of hydrogen-bond donors (Lipinski definition) is 2. The third kappa shape index (κ3) is 3.76. The van der Waals surface area contributed by atoms with Crippen molar-refractivity contribution in [2.24, 2.45) is 0 Å². The third-order valence-electron chi connectivity index (χ3n) is 2.71. The lowest BCUT2D eigenvalue weighted by atomic mass is 10.2. The van der Waals surface area contributed by atoms with E-state index in [1.165, 1.54) is 5.56 Å². The number of nitrogens with two attached hydrogens (primary N) is 1. The average molecular weight is 368 g/mol. The number of nitrogen functional groups attached to an aromatic ring is 1. The van der Waals surface area contributed by atoms with Gasteiger partial charge >= 0.3 is 0 Å². The molecule has 19 heavy (non-hydrogen) atoms. The summed E-state index contributed by atoms with van der Waals surface area (Å²) in [7, 11) is 0. The van der Waals surface area contributed by atoms with Gasteiger partial charge in [0.1, 0.15) is 5.75 Å². The summed E-state index contributed by atoms with van der Waals surface area (Å²) in [6, 6.07) is 14.0. The van der Waals surface area contributed by atoms with Crippen LogP contribution in [0.3, 0.4) is 0 Å². The predicted molar refractivity (Wildman–Crippen MR) is 89.5 cm³/mol. The van der Waals surface area contributed by atoms with Crippen LogP contribution in [-0.2, 0) is 4.43 Å². The standard InChI is InChI=1S/C15H17IN2O/c1-2-19-13-6-4-12(5-7-13)18-15-8-3-11(10-16)9-14(15)17/h3-9,18H,2,10,17H2,1H3. The highest BCUT2D eigenvalue weighted by Crippen LogP contribution is 2.26. The zero-order valence-electron chi connectivity index (χ0n) is 10.8. The van der Waals surface area contributed by atoms with Crippen molar-refractivity contribution in [2.75, 3.05) is 17.7 Å². The number of rotatable bonds is 5. The first-order valence-electron chi connectivity index (χ1n) is 6.17. The molecule has 2 rings (SSSR count). The van der Waals surface area contributed by atoms with Gasteiger partial charge in [0.05, 0.1) is 18.0 Å². The Morgan fingerprint density at radius 2 is 1.89 bits per heavy atom. The normalized spacial score (nSPS) is 10.2. The molecule has 0 bridgehead atoms. The molecule has 2 aromatic carbocycles. The molecule has 3 nitrogen and oxygen atoms in total. The minimum atomic E-state index is 0.678. The summed E-state index contributed by atoms with van der Waals surface area (Å²) in [5.74, 6) is 0.876. The highest BCUT2D eigenvalue weighted by Gasteiger charge is 2.01. The van der Waals surface area contributed by atoms with E-state index in [0.29, 0.717) is 6.61 Å². The summed E-state index contributed by atoms with van der Waals surface area (Å²) in [6.07, 6.45) is 0. The van der Waals surface area contributed by atoms with Gasteiger partial charge in [-0.05, 0) is 48.9 Å². The maximum Gasteiger partial charge on any atom is 0.119 e. The van der Waals surface area contributed by atoms with E-state index in [1.54, 1.807) is 0 Å². The Kier molecular flexibility index (Phi) is 4.90. The maximum atomic E-state index is 6.03. The van der Waals surface area contributed by atoms with Gasteiger partial charge in [-0.15, -0.1) is 0 Å². The van der Waals surface area contributed by atoms with Crippen LogP contribution in [-0.4, -0.2) is 6.61 Å². The van der Waals surface area contributed by atoms with Gasteiger partial charge in [0, 0.05) is 10.1 Å². The zero-order valence-corrected chi connectivity index (χ0v) is 13.0. The molecule has 0 fully saturated rings. The Balaban J connectivity index is 2.12. The van der Waals surface area contributed by atoms with Crippen molar-refractivity contribution in [2.45, 2.75) is 11.4 Å². The number of ether oxygens (including phenoxy) is 1. The fourth-order valence-corrected chi connectivity index (χ4v) is 2.24. The van der Waals surface area contributed by atoms with Gasteiger partial charge in [-0.1, -0.05) is 28.7 Å². The summed E-state index contributed by atoms with van der Waals surface area (Å²) in [5, 5.41) is 3.31. The number of nitrogens with one attached hydrogen (secondary N) is 1. The molecular weight excluding hydrogens is 351 g/mol. The van der Waals surface area contributed by atoms with Crippen LogP contribution < -0.4 is 15.8 Å². The molecule has 0 unspecified atom stereocenters. The van der Waals surface area contributed by atoms with Crippen LogP contribution in [0, 0.1) is 0 Å². The van der Waals surface area contributed by atoms with Gasteiger partial charge in [0.15, 0.2) is 0 Å². The Labute approximate surface area is 127 Å². The Morgan fingerprint density at radius 3 is 2.47 bits per heavy atom. The molecule has 0 amide bonds. The van der Waals surface area contributed by atoms with E-state index in [2.05, 4.69) is 34.0 Å². The Bertz CT molecular complexity index is 540. The first-order valence-corrected chi connectivity index (χ1v) is 7.69. The lowest BCUT2D eigenvalue weighted by Gasteiger charge is -2.11. The van der Waals surface area contributed by atoms with Gasteiger partial charge in [0.2, 0.25) is 0 Å². The van der Waals surface area contributed by atoms with Crippen molar-refractivity contribution in [3.63, 3.8) is 0 Å². The van der Waals surface area contributed by atoms with E-state index < -0.39 is 0 Å². The van der Waals surface area contributed by atoms with Gasteiger partial charge in [0.25, 0.3) is 0 Å².